The summed E-state index contributed by atoms with van der Waals surface area (Å²) in [5.41, 5.74) is 0.991. The summed E-state index contributed by atoms with van der Waals surface area (Å²) in [5, 5.41) is 4.77. The molecule has 0 aromatic carbocycles. The van der Waals surface area contributed by atoms with Gasteiger partial charge in [-0.25, -0.2) is 9.67 Å². The summed E-state index contributed by atoms with van der Waals surface area (Å²) in [6.45, 7) is 0. The van der Waals surface area contributed by atoms with Crippen molar-refractivity contribution in [2.45, 2.75) is 0 Å². The normalized spacial score (nSPS) is 10.7. The van der Waals surface area contributed by atoms with Gasteiger partial charge < -0.3 is 0 Å². The first-order valence-electron chi connectivity index (χ1n) is 3.80. The van der Waals surface area contributed by atoms with Gasteiger partial charge in [0.05, 0.1) is 19.0 Å². The van der Waals surface area contributed by atoms with Gasteiger partial charge in [0.1, 0.15) is 8.85 Å². The minimum atomic E-state index is 0.511. The van der Waals surface area contributed by atoms with Crippen molar-refractivity contribution in [1.82, 2.24) is 14.8 Å². The maximum Gasteiger partial charge on any atom is 0.144 e. The number of pyridine rings is 1. The van der Waals surface area contributed by atoms with Crippen molar-refractivity contribution in [2.24, 2.45) is 0 Å². The quantitative estimate of drug-likeness (QED) is 0.396. The summed E-state index contributed by atoms with van der Waals surface area (Å²) < 4.78 is 4.86. The Kier molecular flexibility index (Phi) is 4.10. The van der Waals surface area contributed by atoms with Crippen LogP contribution in [0.25, 0.3) is 5.69 Å². The maximum atomic E-state index is 5.99. The molecule has 0 fully saturated rings. The van der Waals surface area contributed by atoms with Crippen molar-refractivity contribution in [1.29, 1.82) is 0 Å². The highest BCUT2D eigenvalue weighted by atomic mass is 127. The van der Waals surface area contributed by atoms with Gasteiger partial charge in [-0.15, -0.1) is 0 Å². The molecule has 15 heavy (non-hydrogen) atoms. The molecule has 0 radical (unpaired) electrons. The Labute approximate surface area is 132 Å². The van der Waals surface area contributed by atoms with Gasteiger partial charge in [-0.05, 0) is 73.8 Å². The molecule has 0 spiro atoms. The van der Waals surface area contributed by atoms with Gasteiger partial charge in [0.15, 0.2) is 0 Å². The van der Waals surface area contributed by atoms with E-state index in [1.165, 1.54) is 0 Å². The molecule has 0 N–H and O–H groups in total. The molecule has 0 saturated heterocycles. The zero-order valence-electron chi connectivity index (χ0n) is 7.09. The van der Waals surface area contributed by atoms with E-state index in [1.807, 2.05) is 10.7 Å². The molecule has 2 rings (SSSR count). The Balaban J connectivity index is 2.72. The lowest BCUT2D eigenvalue weighted by atomic mass is 10.4. The van der Waals surface area contributed by atoms with Crippen LogP contribution in [0.4, 0.5) is 0 Å². The fourth-order valence-corrected chi connectivity index (χ4v) is 3.56. The molecule has 0 aliphatic carbocycles. The van der Waals surface area contributed by atoms with Gasteiger partial charge in [-0.3, -0.25) is 0 Å². The van der Waals surface area contributed by atoms with Crippen LogP contribution in [0, 0.1) is 10.8 Å². The molecule has 0 aliphatic heterocycles. The molecule has 0 bridgehead atoms. The molecular weight excluding hydrogens is 554 g/mol. The fourth-order valence-electron chi connectivity index (χ4n) is 1.08. The fraction of sp³-hybridized carbons (Fsp3) is 0. The third kappa shape index (κ3) is 2.41. The number of hydrogen-bond donors (Lipinski definition) is 0. The number of halogens is 4. The monoisotopic (exact) mass is 557 g/mol. The Bertz CT molecular complexity index is 512. The van der Waals surface area contributed by atoms with Crippen LogP contribution in [0.1, 0.15) is 0 Å². The standard InChI is InChI=1S/C8H3ClI3N3/c9-8-6(12)7(4(10)3-13-8)15-5(11)1-2-14-15/h1-3H. The van der Waals surface area contributed by atoms with Crippen LogP contribution < -0.4 is 0 Å². The molecule has 2 aromatic rings. The number of aromatic nitrogens is 3. The predicted molar refractivity (Wildman–Crippen MR) is 84.5 cm³/mol. The molecule has 0 amide bonds. The predicted octanol–water partition coefficient (Wildman–Crippen LogP) is 3.73. The van der Waals surface area contributed by atoms with Gasteiger partial charge in [-0.1, -0.05) is 11.6 Å². The lowest BCUT2D eigenvalue weighted by Crippen LogP contribution is -2.05. The zero-order chi connectivity index (χ0) is 11.0. The van der Waals surface area contributed by atoms with Gasteiger partial charge in [0.2, 0.25) is 0 Å². The first kappa shape index (κ1) is 12.3. The summed E-state index contributed by atoms with van der Waals surface area (Å²) in [7, 11) is 0. The Morgan fingerprint density at radius 2 is 2.00 bits per heavy atom. The lowest BCUT2D eigenvalue weighted by molar-refractivity contribution is 0.845. The second kappa shape index (κ2) is 5.00. The van der Waals surface area contributed by atoms with Crippen LogP contribution in [0.15, 0.2) is 18.5 Å². The van der Waals surface area contributed by atoms with Crippen LogP contribution in [0.3, 0.4) is 0 Å². The van der Waals surface area contributed by atoms with Crippen LogP contribution >= 0.6 is 79.4 Å². The molecular formula is C8H3ClI3N3. The van der Waals surface area contributed by atoms with Crippen LogP contribution in [0.2, 0.25) is 5.15 Å². The van der Waals surface area contributed by atoms with Crippen molar-refractivity contribution in [3.8, 4) is 5.69 Å². The van der Waals surface area contributed by atoms with Crippen molar-refractivity contribution in [3.05, 3.63) is 34.5 Å². The van der Waals surface area contributed by atoms with E-state index in [9.17, 15) is 0 Å². The Morgan fingerprint density at radius 1 is 1.27 bits per heavy atom. The van der Waals surface area contributed by atoms with Gasteiger partial charge in [0.25, 0.3) is 0 Å². The lowest BCUT2D eigenvalue weighted by Gasteiger charge is -2.09. The van der Waals surface area contributed by atoms with E-state index in [-0.39, 0.29) is 0 Å². The van der Waals surface area contributed by atoms with E-state index in [1.54, 1.807) is 12.4 Å². The average Bonchev–Trinajstić information content (AvgIpc) is 2.60. The van der Waals surface area contributed by atoms with E-state index in [2.05, 4.69) is 77.9 Å². The van der Waals surface area contributed by atoms with Gasteiger partial charge in [-0.2, -0.15) is 5.10 Å². The SMILES string of the molecule is Clc1ncc(I)c(-n2nccc2I)c1I. The van der Waals surface area contributed by atoms with E-state index >= 15 is 0 Å². The highest BCUT2D eigenvalue weighted by molar-refractivity contribution is 14.1. The average molecular weight is 557 g/mol. The molecule has 2 heterocycles. The van der Waals surface area contributed by atoms with E-state index in [0.29, 0.717) is 5.15 Å². The minimum Gasteiger partial charge on any atom is -0.242 e. The largest absolute Gasteiger partial charge is 0.242 e. The Morgan fingerprint density at radius 3 is 2.60 bits per heavy atom. The summed E-state index contributed by atoms with van der Waals surface area (Å²) in [4.78, 5) is 4.09. The van der Waals surface area contributed by atoms with E-state index in [4.69, 9.17) is 11.6 Å². The first-order chi connectivity index (χ1) is 7.11. The summed E-state index contributed by atoms with van der Waals surface area (Å²) >= 11 is 12.6. The summed E-state index contributed by atoms with van der Waals surface area (Å²) in [6, 6.07) is 1.95. The van der Waals surface area contributed by atoms with Crippen molar-refractivity contribution in [3.63, 3.8) is 0 Å². The zero-order valence-corrected chi connectivity index (χ0v) is 14.3. The third-order valence-electron chi connectivity index (χ3n) is 1.71. The molecule has 0 aliphatic rings. The van der Waals surface area contributed by atoms with Crippen LogP contribution in [-0.2, 0) is 0 Å². The van der Waals surface area contributed by atoms with Crippen LogP contribution in [0.5, 0.6) is 0 Å². The smallest absolute Gasteiger partial charge is 0.144 e. The molecule has 0 saturated carbocycles. The number of rotatable bonds is 1. The molecule has 0 atom stereocenters. The van der Waals surface area contributed by atoms with E-state index in [0.717, 1.165) is 16.5 Å². The number of hydrogen-bond acceptors (Lipinski definition) is 2. The minimum absolute atomic E-state index is 0.511. The Hall–Kier alpha value is 0.840. The van der Waals surface area contributed by atoms with Crippen molar-refractivity contribution < 1.29 is 0 Å². The molecule has 2 aromatic heterocycles. The van der Waals surface area contributed by atoms with E-state index < -0.39 is 0 Å². The number of nitrogens with zero attached hydrogens (tertiary/aromatic N) is 3. The van der Waals surface area contributed by atoms with Crippen LogP contribution in [-0.4, -0.2) is 14.8 Å². The van der Waals surface area contributed by atoms with Crippen molar-refractivity contribution in [2.75, 3.05) is 0 Å². The maximum absolute atomic E-state index is 5.99. The molecule has 78 valence electrons. The first-order valence-corrected chi connectivity index (χ1v) is 7.42. The summed E-state index contributed by atoms with van der Waals surface area (Å²) in [6.07, 6.45) is 3.51. The molecule has 0 unspecified atom stereocenters. The topological polar surface area (TPSA) is 30.7 Å². The second-order valence-corrected chi connectivity index (χ2v) is 6.33. The van der Waals surface area contributed by atoms with Gasteiger partial charge >= 0.3 is 0 Å². The second-order valence-electron chi connectivity index (χ2n) is 2.63. The van der Waals surface area contributed by atoms with Crippen molar-refractivity contribution >= 4 is 79.4 Å². The highest BCUT2D eigenvalue weighted by Gasteiger charge is 2.14. The third-order valence-corrected chi connectivity index (χ3v) is 4.95. The highest BCUT2D eigenvalue weighted by Crippen LogP contribution is 2.28. The summed E-state index contributed by atoms with van der Waals surface area (Å²) in [5.74, 6) is 0. The molecule has 7 heteroatoms. The van der Waals surface area contributed by atoms with Gasteiger partial charge in [0, 0.05) is 6.20 Å². The molecule has 3 nitrogen and oxygen atoms in total.